The van der Waals surface area contributed by atoms with Gasteiger partial charge in [-0.1, -0.05) is 68.3 Å². The van der Waals surface area contributed by atoms with E-state index in [4.69, 9.17) is 11.6 Å². The number of aryl methyl sites for hydroxylation is 2. The molecular formula is C25H33ClN2O2. The van der Waals surface area contributed by atoms with Crippen LogP contribution in [0.4, 0.5) is 0 Å². The zero-order chi connectivity index (χ0) is 21.9. The van der Waals surface area contributed by atoms with Gasteiger partial charge in [0.1, 0.15) is 6.04 Å². The normalized spacial score (nSPS) is 11.7. The quantitative estimate of drug-likeness (QED) is 0.502. The lowest BCUT2D eigenvalue weighted by Gasteiger charge is -2.29. The van der Waals surface area contributed by atoms with Crippen LogP contribution in [-0.4, -0.2) is 29.3 Å². The van der Waals surface area contributed by atoms with Crippen molar-refractivity contribution in [3.63, 3.8) is 0 Å². The first-order chi connectivity index (χ1) is 14.4. The highest BCUT2D eigenvalue weighted by molar-refractivity contribution is 6.30. The lowest BCUT2D eigenvalue weighted by atomic mass is 10.0. The summed E-state index contributed by atoms with van der Waals surface area (Å²) in [6.45, 7) is 6.98. The van der Waals surface area contributed by atoms with Crippen LogP contribution < -0.4 is 5.32 Å². The molecular weight excluding hydrogens is 396 g/mol. The van der Waals surface area contributed by atoms with E-state index < -0.39 is 6.04 Å². The molecule has 2 aromatic rings. The van der Waals surface area contributed by atoms with Crippen LogP contribution in [0.5, 0.6) is 0 Å². The number of amides is 2. The molecule has 0 fully saturated rings. The van der Waals surface area contributed by atoms with Crippen molar-refractivity contribution in [2.24, 2.45) is 0 Å². The van der Waals surface area contributed by atoms with Crippen LogP contribution >= 0.6 is 11.6 Å². The molecule has 0 unspecified atom stereocenters. The van der Waals surface area contributed by atoms with Crippen molar-refractivity contribution < 1.29 is 9.59 Å². The number of carbonyl (C=O) groups is 2. The number of hydrogen-bond donors (Lipinski definition) is 1. The van der Waals surface area contributed by atoms with E-state index in [-0.39, 0.29) is 11.8 Å². The minimum absolute atomic E-state index is 0.0346. The molecule has 30 heavy (non-hydrogen) atoms. The van der Waals surface area contributed by atoms with Crippen LogP contribution in [-0.2, 0) is 29.0 Å². The summed E-state index contributed by atoms with van der Waals surface area (Å²) in [5.41, 5.74) is 3.32. The van der Waals surface area contributed by atoms with Gasteiger partial charge in [-0.05, 0) is 55.0 Å². The Balaban J connectivity index is 2.09. The van der Waals surface area contributed by atoms with Gasteiger partial charge in [0, 0.05) is 24.5 Å². The maximum absolute atomic E-state index is 13.1. The number of hydrogen-bond acceptors (Lipinski definition) is 2. The monoisotopic (exact) mass is 428 g/mol. The lowest BCUT2D eigenvalue weighted by Crippen LogP contribution is -2.47. The highest BCUT2D eigenvalue weighted by Gasteiger charge is 2.25. The molecule has 4 nitrogen and oxygen atoms in total. The van der Waals surface area contributed by atoms with E-state index in [9.17, 15) is 9.59 Å². The highest BCUT2D eigenvalue weighted by atomic mass is 35.5. The molecule has 0 heterocycles. The van der Waals surface area contributed by atoms with Gasteiger partial charge >= 0.3 is 0 Å². The van der Waals surface area contributed by atoms with Gasteiger partial charge in [-0.25, -0.2) is 0 Å². The average Bonchev–Trinajstić information content (AvgIpc) is 2.75. The average molecular weight is 429 g/mol. The fourth-order valence-electron chi connectivity index (χ4n) is 3.29. The summed E-state index contributed by atoms with van der Waals surface area (Å²) in [5, 5.41) is 3.56. The van der Waals surface area contributed by atoms with E-state index in [0.717, 1.165) is 30.4 Å². The zero-order valence-corrected chi connectivity index (χ0v) is 19.0. The molecule has 0 aliphatic rings. The van der Waals surface area contributed by atoms with Gasteiger partial charge in [-0.3, -0.25) is 9.59 Å². The van der Waals surface area contributed by atoms with E-state index in [1.165, 1.54) is 5.56 Å². The van der Waals surface area contributed by atoms with E-state index in [1.807, 2.05) is 18.2 Å². The van der Waals surface area contributed by atoms with Crippen LogP contribution in [0.1, 0.15) is 56.7 Å². The van der Waals surface area contributed by atoms with E-state index >= 15 is 0 Å². The summed E-state index contributed by atoms with van der Waals surface area (Å²) >= 11 is 6.12. The van der Waals surface area contributed by atoms with Gasteiger partial charge in [0.2, 0.25) is 11.8 Å². The fourth-order valence-corrected chi connectivity index (χ4v) is 3.50. The summed E-state index contributed by atoms with van der Waals surface area (Å²) in [5.74, 6) is -0.154. The Kier molecular flexibility index (Phi) is 9.88. The van der Waals surface area contributed by atoms with Crippen molar-refractivity contribution in [1.29, 1.82) is 0 Å². The molecule has 2 aromatic carbocycles. The lowest BCUT2D eigenvalue weighted by molar-refractivity contribution is -0.140. The Morgan fingerprint density at radius 1 is 1.03 bits per heavy atom. The van der Waals surface area contributed by atoms with Crippen molar-refractivity contribution in [2.75, 3.05) is 6.54 Å². The van der Waals surface area contributed by atoms with Gasteiger partial charge < -0.3 is 10.2 Å². The Hall–Kier alpha value is -2.33. The molecule has 2 amide bonds. The minimum Gasteiger partial charge on any atom is -0.354 e. The molecule has 1 N–H and O–H groups in total. The van der Waals surface area contributed by atoms with Crippen LogP contribution in [0.15, 0.2) is 48.5 Å². The third kappa shape index (κ3) is 7.49. The number of nitrogens with one attached hydrogen (secondary N) is 1. The standard InChI is InChI=1S/C25H33ClN2O2/c1-4-6-16-27-25(30)19(3)28(18-22-8-7-9-23(26)17-22)24(29)15-14-21-12-10-20(5-2)11-13-21/h7-13,17,19H,4-6,14-16,18H2,1-3H3,(H,27,30)/t19-/m1/s1. The second kappa shape index (κ2) is 12.4. The highest BCUT2D eigenvalue weighted by Crippen LogP contribution is 2.16. The molecule has 0 saturated carbocycles. The summed E-state index contributed by atoms with van der Waals surface area (Å²) in [6, 6.07) is 15.3. The molecule has 0 spiro atoms. The van der Waals surface area contributed by atoms with Crippen LogP contribution in [0.25, 0.3) is 0 Å². The van der Waals surface area contributed by atoms with Gasteiger partial charge in [-0.2, -0.15) is 0 Å². The smallest absolute Gasteiger partial charge is 0.242 e. The van der Waals surface area contributed by atoms with E-state index in [2.05, 4.69) is 43.4 Å². The molecule has 0 aromatic heterocycles. The summed E-state index contributed by atoms with van der Waals surface area (Å²) < 4.78 is 0. The summed E-state index contributed by atoms with van der Waals surface area (Å²) in [6.07, 6.45) is 3.94. The summed E-state index contributed by atoms with van der Waals surface area (Å²) in [4.78, 5) is 27.4. The Labute approximate surface area is 185 Å². The minimum atomic E-state index is -0.546. The van der Waals surface area contributed by atoms with Crippen LogP contribution in [0, 0.1) is 0 Å². The number of benzene rings is 2. The fraction of sp³-hybridized carbons (Fsp3) is 0.440. The first kappa shape index (κ1) is 23.9. The third-order valence-electron chi connectivity index (χ3n) is 5.30. The Morgan fingerprint density at radius 3 is 2.37 bits per heavy atom. The van der Waals surface area contributed by atoms with Crippen LogP contribution in [0.3, 0.4) is 0 Å². The molecule has 0 radical (unpaired) electrons. The molecule has 5 heteroatoms. The number of unbranched alkanes of at least 4 members (excludes halogenated alkanes) is 1. The van der Waals surface area contributed by atoms with Crippen molar-refractivity contribution >= 4 is 23.4 Å². The largest absolute Gasteiger partial charge is 0.354 e. The molecule has 0 aliphatic carbocycles. The molecule has 0 bridgehead atoms. The number of rotatable bonds is 11. The van der Waals surface area contributed by atoms with Gasteiger partial charge in [-0.15, -0.1) is 0 Å². The van der Waals surface area contributed by atoms with E-state index in [1.54, 1.807) is 17.9 Å². The van der Waals surface area contributed by atoms with Crippen molar-refractivity contribution in [2.45, 2.75) is 65.5 Å². The summed E-state index contributed by atoms with van der Waals surface area (Å²) in [7, 11) is 0. The maximum atomic E-state index is 13.1. The molecule has 0 aliphatic heterocycles. The number of carbonyl (C=O) groups excluding carboxylic acids is 2. The van der Waals surface area contributed by atoms with Crippen molar-refractivity contribution in [1.82, 2.24) is 10.2 Å². The topological polar surface area (TPSA) is 49.4 Å². The number of halogens is 1. The Morgan fingerprint density at radius 2 is 1.73 bits per heavy atom. The third-order valence-corrected chi connectivity index (χ3v) is 5.53. The van der Waals surface area contributed by atoms with E-state index in [0.29, 0.717) is 31.0 Å². The van der Waals surface area contributed by atoms with Crippen LogP contribution in [0.2, 0.25) is 5.02 Å². The Bertz CT molecular complexity index is 820. The molecule has 1 atom stereocenters. The van der Waals surface area contributed by atoms with Gasteiger partial charge in [0.25, 0.3) is 0 Å². The predicted molar refractivity (Wildman–Crippen MR) is 124 cm³/mol. The van der Waals surface area contributed by atoms with Crippen molar-refractivity contribution in [3.05, 3.63) is 70.2 Å². The molecule has 162 valence electrons. The first-order valence-electron chi connectivity index (χ1n) is 10.8. The number of nitrogens with zero attached hydrogens (tertiary/aromatic N) is 1. The second-order valence-electron chi connectivity index (χ2n) is 7.64. The second-order valence-corrected chi connectivity index (χ2v) is 8.08. The van der Waals surface area contributed by atoms with Gasteiger partial charge in [0.15, 0.2) is 0 Å². The maximum Gasteiger partial charge on any atom is 0.242 e. The van der Waals surface area contributed by atoms with Gasteiger partial charge in [0.05, 0.1) is 0 Å². The SMILES string of the molecule is CCCCNC(=O)[C@@H](C)N(Cc1cccc(Cl)c1)C(=O)CCc1ccc(CC)cc1. The molecule has 2 rings (SSSR count). The van der Waals surface area contributed by atoms with Crippen molar-refractivity contribution in [3.8, 4) is 0 Å². The predicted octanol–water partition coefficient (Wildman–Crippen LogP) is 5.17. The molecule has 0 saturated heterocycles. The first-order valence-corrected chi connectivity index (χ1v) is 11.2. The zero-order valence-electron chi connectivity index (χ0n) is 18.3.